The van der Waals surface area contributed by atoms with Gasteiger partial charge in [0.15, 0.2) is 0 Å². The summed E-state index contributed by atoms with van der Waals surface area (Å²) >= 11 is 0. The summed E-state index contributed by atoms with van der Waals surface area (Å²) in [5.41, 5.74) is 2.52. The number of anilines is 1. The number of likely N-dealkylation sites (N-methyl/N-ethyl adjacent to an activating group) is 1. The van der Waals surface area contributed by atoms with E-state index in [1.54, 1.807) is 0 Å². The summed E-state index contributed by atoms with van der Waals surface area (Å²) in [7, 11) is 2.12. The van der Waals surface area contributed by atoms with Gasteiger partial charge in [-0.15, -0.1) is 0 Å². The quantitative estimate of drug-likeness (QED) is 0.777. The van der Waals surface area contributed by atoms with E-state index in [2.05, 4.69) is 54.1 Å². The van der Waals surface area contributed by atoms with Crippen molar-refractivity contribution in [1.29, 1.82) is 5.26 Å². The highest BCUT2D eigenvalue weighted by Crippen LogP contribution is 2.22. The van der Waals surface area contributed by atoms with E-state index in [1.165, 1.54) is 11.3 Å². The zero-order valence-corrected chi connectivity index (χ0v) is 10.6. The van der Waals surface area contributed by atoms with Crippen molar-refractivity contribution in [3.8, 4) is 6.07 Å². The Morgan fingerprint density at radius 2 is 2.00 bits per heavy atom. The van der Waals surface area contributed by atoms with Gasteiger partial charge in [-0.25, -0.2) is 0 Å². The maximum atomic E-state index is 8.92. The van der Waals surface area contributed by atoms with Crippen LogP contribution in [-0.4, -0.2) is 37.6 Å². The third-order valence-corrected chi connectivity index (χ3v) is 3.38. The zero-order chi connectivity index (χ0) is 12.3. The molecule has 1 aromatic rings. The fraction of sp³-hybridized carbons (Fsp3) is 0.500. The molecule has 1 aliphatic rings. The van der Waals surface area contributed by atoms with Gasteiger partial charge in [0, 0.05) is 25.3 Å². The average Bonchev–Trinajstić information content (AvgIpc) is 2.31. The number of hydrogen-bond donors (Lipinski definition) is 0. The number of aryl methyl sites for hydroxylation is 1. The fourth-order valence-corrected chi connectivity index (χ4v) is 2.37. The highest BCUT2D eigenvalue weighted by Gasteiger charge is 2.24. The van der Waals surface area contributed by atoms with Gasteiger partial charge in [0.2, 0.25) is 0 Å². The van der Waals surface area contributed by atoms with Crippen molar-refractivity contribution in [1.82, 2.24) is 4.90 Å². The molecule has 1 saturated heterocycles. The highest BCUT2D eigenvalue weighted by atomic mass is 15.3. The van der Waals surface area contributed by atoms with Gasteiger partial charge in [0.1, 0.15) is 0 Å². The monoisotopic (exact) mass is 229 g/mol. The Morgan fingerprint density at radius 3 is 2.65 bits per heavy atom. The van der Waals surface area contributed by atoms with Crippen molar-refractivity contribution in [2.24, 2.45) is 0 Å². The Kier molecular flexibility index (Phi) is 3.65. The summed E-state index contributed by atoms with van der Waals surface area (Å²) in [6.07, 6.45) is 0.595. The molecule has 1 aliphatic heterocycles. The van der Waals surface area contributed by atoms with Crippen molar-refractivity contribution < 1.29 is 0 Å². The third kappa shape index (κ3) is 2.78. The van der Waals surface area contributed by atoms with E-state index >= 15 is 0 Å². The molecule has 3 nitrogen and oxygen atoms in total. The van der Waals surface area contributed by atoms with Crippen LogP contribution in [0.4, 0.5) is 5.69 Å². The SMILES string of the molecule is Cc1ccc(N2CCN(C)CC2CC#N)cc1. The van der Waals surface area contributed by atoms with Gasteiger partial charge < -0.3 is 9.80 Å². The molecule has 0 aliphatic carbocycles. The summed E-state index contributed by atoms with van der Waals surface area (Å²) < 4.78 is 0. The van der Waals surface area contributed by atoms with Crippen molar-refractivity contribution in [3.05, 3.63) is 29.8 Å². The fourth-order valence-electron chi connectivity index (χ4n) is 2.37. The van der Waals surface area contributed by atoms with Crippen molar-refractivity contribution in [3.63, 3.8) is 0 Å². The van der Waals surface area contributed by atoms with Crippen LogP contribution in [0.15, 0.2) is 24.3 Å². The van der Waals surface area contributed by atoms with E-state index in [-0.39, 0.29) is 0 Å². The molecule has 0 saturated carbocycles. The normalized spacial score (nSPS) is 21.2. The van der Waals surface area contributed by atoms with Crippen molar-refractivity contribution in [2.45, 2.75) is 19.4 Å². The summed E-state index contributed by atoms with van der Waals surface area (Å²) in [6, 6.07) is 11.2. The van der Waals surface area contributed by atoms with E-state index < -0.39 is 0 Å². The van der Waals surface area contributed by atoms with Crippen LogP contribution >= 0.6 is 0 Å². The molecule has 0 N–H and O–H groups in total. The van der Waals surface area contributed by atoms with Gasteiger partial charge in [0.25, 0.3) is 0 Å². The van der Waals surface area contributed by atoms with E-state index in [0.717, 1.165) is 19.6 Å². The van der Waals surface area contributed by atoms with Crippen LogP contribution in [0, 0.1) is 18.3 Å². The molecule has 0 spiro atoms. The second-order valence-corrected chi connectivity index (χ2v) is 4.81. The van der Waals surface area contributed by atoms with E-state index in [9.17, 15) is 0 Å². The first kappa shape index (κ1) is 11.9. The minimum absolute atomic E-state index is 0.321. The van der Waals surface area contributed by atoms with Gasteiger partial charge in [-0.1, -0.05) is 17.7 Å². The van der Waals surface area contributed by atoms with Crippen LogP contribution in [0.2, 0.25) is 0 Å². The lowest BCUT2D eigenvalue weighted by molar-refractivity contribution is 0.268. The lowest BCUT2D eigenvalue weighted by Gasteiger charge is -2.40. The van der Waals surface area contributed by atoms with Crippen LogP contribution in [0.5, 0.6) is 0 Å². The number of hydrogen-bond acceptors (Lipinski definition) is 3. The Balaban J connectivity index is 2.17. The molecule has 90 valence electrons. The minimum atomic E-state index is 0.321. The molecule has 0 aromatic heterocycles. The molecule has 1 atom stereocenters. The number of nitriles is 1. The second-order valence-electron chi connectivity index (χ2n) is 4.81. The van der Waals surface area contributed by atoms with E-state index in [1.807, 2.05) is 0 Å². The maximum absolute atomic E-state index is 8.92. The minimum Gasteiger partial charge on any atom is -0.365 e. The van der Waals surface area contributed by atoms with Crippen molar-refractivity contribution >= 4 is 5.69 Å². The Hall–Kier alpha value is -1.53. The number of piperazine rings is 1. The molecule has 0 radical (unpaired) electrons. The molecule has 1 fully saturated rings. The molecule has 1 aromatic carbocycles. The third-order valence-electron chi connectivity index (χ3n) is 3.38. The van der Waals surface area contributed by atoms with E-state index in [4.69, 9.17) is 5.26 Å². The Labute approximate surface area is 103 Å². The number of nitrogens with zero attached hydrogens (tertiary/aromatic N) is 3. The standard InChI is InChI=1S/C14H19N3/c1-12-3-5-13(6-4-12)17-10-9-16(2)11-14(17)7-8-15/h3-6,14H,7,9-11H2,1-2H3. The van der Waals surface area contributed by atoms with Crippen LogP contribution in [0.3, 0.4) is 0 Å². The molecule has 3 heteroatoms. The van der Waals surface area contributed by atoms with Crippen LogP contribution in [-0.2, 0) is 0 Å². The first-order valence-electron chi connectivity index (χ1n) is 6.09. The van der Waals surface area contributed by atoms with Crippen LogP contribution in [0.1, 0.15) is 12.0 Å². The molecular weight excluding hydrogens is 210 g/mol. The highest BCUT2D eigenvalue weighted by molar-refractivity contribution is 5.49. The lowest BCUT2D eigenvalue weighted by atomic mass is 10.1. The van der Waals surface area contributed by atoms with Gasteiger partial charge in [-0.05, 0) is 26.1 Å². The number of benzene rings is 1. The topological polar surface area (TPSA) is 30.3 Å². The lowest BCUT2D eigenvalue weighted by Crippen LogP contribution is -2.51. The zero-order valence-electron chi connectivity index (χ0n) is 10.6. The van der Waals surface area contributed by atoms with Gasteiger partial charge in [-0.3, -0.25) is 0 Å². The largest absolute Gasteiger partial charge is 0.365 e. The van der Waals surface area contributed by atoms with Crippen molar-refractivity contribution in [2.75, 3.05) is 31.6 Å². The molecule has 0 amide bonds. The second kappa shape index (κ2) is 5.20. The van der Waals surface area contributed by atoms with Gasteiger partial charge in [-0.2, -0.15) is 5.26 Å². The summed E-state index contributed by atoms with van der Waals surface area (Å²) in [4.78, 5) is 4.66. The van der Waals surface area contributed by atoms with Gasteiger partial charge in [0.05, 0.1) is 18.5 Å². The van der Waals surface area contributed by atoms with Crippen LogP contribution in [0.25, 0.3) is 0 Å². The smallest absolute Gasteiger partial charge is 0.0643 e. The Morgan fingerprint density at radius 1 is 1.29 bits per heavy atom. The molecule has 1 heterocycles. The summed E-state index contributed by atoms with van der Waals surface area (Å²) in [5, 5.41) is 8.92. The average molecular weight is 229 g/mol. The molecule has 0 bridgehead atoms. The molecule has 17 heavy (non-hydrogen) atoms. The first-order valence-corrected chi connectivity index (χ1v) is 6.09. The predicted molar refractivity (Wildman–Crippen MR) is 70.0 cm³/mol. The van der Waals surface area contributed by atoms with Crippen LogP contribution < -0.4 is 4.90 Å². The maximum Gasteiger partial charge on any atom is 0.0643 e. The summed E-state index contributed by atoms with van der Waals surface area (Å²) in [6.45, 7) is 5.14. The first-order chi connectivity index (χ1) is 8.20. The summed E-state index contributed by atoms with van der Waals surface area (Å²) in [5.74, 6) is 0. The van der Waals surface area contributed by atoms with Gasteiger partial charge >= 0.3 is 0 Å². The van der Waals surface area contributed by atoms with E-state index in [0.29, 0.717) is 12.5 Å². The number of rotatable bonds is 2. The molecule has 1 unspecified atom stereocenters. The molecular formula is C14H19N3. The molecule has 2 rings (SSSR count). The Bertz CT molecular complexity index is 404. The predicted octanol–water partition coefficient (Wildman–Crippen LogP) is 2.03.